The number of hydrogen-bond donors (Lipinski definition) is 0. The second-order valence-electron chi connectivity index (χ2n) is 7.93. The van der Waals surface area contributed by atoms with Gasteiger partial charge in [-0.2, -0.15) is 0 Å². The van der Waals surface area contributed by atoms with Gasteiger partial charge in [0.2, 0.25) is 5.91 Å². The monoisotopic (exact) mass is 521 g/mol. The molecule has 3 aromatic rings. The van der Waals surface area contributed by atoms with Crippen molar-refractivity contribution in [3.8, 4) is 0 Å². The standard InChI is InChI=1S/C25H26Cl2NO5P/c1-18(29)28(32-17-19-8-9-20-5-2-3-6-22(20)15-19)13-12-21(7-4-14-33-34(30)31)23-10-11-24(26)25(27)16-23/h2-3,5-6,8-11,15-16,21H,4,7,12-14,17H2,1H3. The summed E-state index contributed by atoms with van der Waals surface area (Å²) in [6.45, 7) is 2.20. The highest BCUT2D eigenvalue weighted by Crippen LogP contribution is 2.31. The van der Waals surface area contributed by atoms with Crippen LogP contribution in [0.25, 0.3) is 10.8 Å². The lowest BCUT2D eigenvalue weighted by Crippen LogP contribution is -2.30. The van der Waals surface area contributed by atoms with Gasteiger partial charge >= 0.3 is 8.25 Å². The average molecular weight is 522 g/mol. The molecule has 34 heavy (non-hydrogen) atoms. The molecule has 2 unspecified atom stereocenters. The molecule has 1 amide bonds. The van der Waals surface area contributed by atoms with Gasteiger partial charge < -0.3 is 4.89 Å². The highest BCUT2D eigenvalue weighted by atomic mass is 35.5. The van der Waals surface area contributed by atoms with Crippen LogP contribution in [0.5, 0.6) is 0 Å². The zero-order valence-corrected chi connectivity index (χ0v) is 21.2. The van der Waals surface area contributed by atoms with Gasteiger partial charge in [0.15, 0.2) is 0 Å². The van der Waals surface area contributed by atoms with Crippen LogP contribution in [-0.2, 0) is 25.3 Å². The molecule has 2 atom stereocenters. The highest BCUT2D eigenvalue weighted by Gasteiger charge is 2.18. The number of amides is 1. The predicted molar refractivity (Wildman–Crippen MR) is 133 cm³/mol. The van der Waals surface area contributed by atoms with E-state index in [9.17, 15) is 14.3 Å². The van der Waals surface area contributed by atoms with Gasteiger partial charge in [-0.25, -0.2) is 5.06 Å². The van der Waals surface area contributed by atoms with Crippen molar-refractivity contribution in [2.75, 3.05) is 13.2 Å². The fourth-order valence-corrected chi connectivity index (χ4v) is 4.36. The molecule has 3 aromatic carbocycles. The second kappa shape index (κ2) is 13.1. The summed E-state index contributed by atoms with van der Waals surface area (Å²) in [6.07, 6.45) is 1.78. The van der Waals surface area contributed by atoms with E-state index in [1.54, 1.807) is 12.1 Å². The third kappa shape index (κ3) is 8.02. The summed E-state index contributed by atoms with van der Waals surface area (Å²) in [4.78, 5) is 28.8. The van der Waals surface area contributed by atoms with Gasteiger partial charge in [-0.1, -0.05) is 65.7 Å². The summed E-state index contributed by atoms with van der Waals surface area (Å²) in [5, 5.41) is 4.52. The Bertz CT molecular complexity index is 1140. The number of fused-ring (bicyclic) bond motifs is 1. The van der Waals surface area contributed by atoms with Crippen molar-refractivity contribution >= 4 is 48.1 Å². The van der Waals surface area contributed by atoms with E-state index in [1.165, 1.54) is 12.0 Å². The van der Waals surface area contributed by atoms with E-state index in [0.717, 1.165) is 21.9 Å². The molecule has 0 saturated carbocycles. The van der Waals surface area contributed by atoms with Crippen LogP contribution in [0.1, 0.15) is 43.2 Å². The molecule has 180 valence electrons. The van der Waals surface area contributed by atoms with E-state index in [4.69, 9.17) is 28.0 Å². The SMILES string of the molecule is CC(=O)N(CCC(CCCO[P+](=O)[O-])c1ccc(Cl)c(Cl)c1)OCc1ccc2ccccc2c1. The third-order valence-corrected chi connectivity index (χ3v) is 6.67. The van der Waals surface area contributed by atoms with Gasteiger partial charge in [0.25, 0.3) is 0 Å². The Hall–Kier alpha value is -2.05. The topological polar surface area (TPSA) is 78.9 Å². The molecule has 0 aliphatic carbocycles. The van der Waals surface area contributed by atoms with Crippen molar-refractivity contribution in [3.05, 3.63) is 81.8 Å². The third-order valence-electron chi connectivity index (χ3n) is 5.54. The Morgan fingerprint density at radius 1 is 1.03 bits per heavy atom. The number of nitrogens with zero attached hydrogens (tertiary/aromatic N) is 1. The lowest BCUT2D eigenvalue weighted by atomic mass is 9.91. The quantitative estimate of drug-likeness (QED) is 0.156. The van der Waals surface area contributed by atoms with Gasteiger partial charge in [-0.15, -0.1) is 4.52 Å². The van der Waals surface area contributed by atoms with Crippen molar-refractivity contribution in [1.82, 2.24) is 5.06 Å². The molecule has 3 rings (SSSR count). The molecule has 6 nitrogen and oxygen atoms in total. The zero-order valence-electron chi connectivity index (χ0n) is 18.8. The van der Waals surface area contributed by atoms with E-state index in [1.807, 2.05) is 48.5 Å². The highest BCUT2D eigenvalue weighted by molar-refractivity contribution is 7.30. The van der Waals surface area contributed by atoms with Crippen LogP contribution in [0.4, 0.5) is 0 Å². The van der Waals surface area contributed by atoms with E-state index in [2.05, 4.69) is 4.52 Å². The van der Waals surface area contributed by atoms with Crippen LogP contribution in [0, 0.1) is 0 Å². The minimum absolute atomic E-state index is 0.00835. The number of rotatable bonds is 12. The number of benzene rings is 3. The lowest BCUT2D eigenvalue weighted by Gasteiger charge is -2.24. The molecular weight excluding hydrogens is 496 g/mol. The minimum atomic E-state index is -2.87. The second-order valence-corrected chi connectivity index (χ2v) is 9.45. The maximum Gasteiger partial charge on any atom is 0.488 e. The first-order valence-corrected chi connectivity index (χ1v) is 12.8. The lowest BCUT2D eigenvalue weighted by molar-refractivity contribution is -0.190. The number of hydroxylamine groups is 2. The largest absolute Gasteiger partial charge is 0.566 e. The van der Waals surface area contributed by atoms with Gasteiger partial charge in [-0.05, 0) is 69.8 Å². The molecule has 0 saturated heterocycles. The molecule has 0 radical (unpaired) electrons. The summed E-state index contributed by atoms with van der Waals surface area (Å²) in [5.74, 6) is -0.186. The van der Waals surface area contributed by atoms with Crippen molar-refractivity contribution < 1.29 is 23.6 Å². The molecule has 9 heteroatoms. The molecular formula is C25H26Cl2NO5P. The van der Waals surface area contributed by atoms with Crippen LogP contribution in [0.15, 0.2) is 60.7 Å². The summed E-state index contributed by atoms with van der Waals surface area (Å²) < 4.78 is 15.3. The first kappa shape index (κ1) is 26.6. The summed E-state index contributed by atoms with van der Waals surface area (Å²) >= 11 is 12.3. The molecule has 0 spiro atoms. The fraction of sp³-hybridized carbons (Fsp3) is 0.320. The van der Waals surface area contributed by atoms with Crippen LogP contribution < -0.4 is 4.89 Å². The van der Waals surface area contributed by atoms with E-state index in [0.29, 0.717) is 35.9 Å². The van der Waals surface area contributed by atoms with Crippen molar-refractivity contribution in [1.29, 1.82) is 0 Å². The first-order valence-electron chi connectivity index (χ1n) is 10.9. The Morgan fingerprint density at radius 3 is 2.50 bits per heavy atom. The average Bonchev–Trinajstić information content (AvgIpc) is 2.81. The van der Waals surface area contributed by atoms with Crippen LogP contribution in [-0.4, -0.2) is 24.1 Å². The van der Waals surface area contributed by atoms with E-state index < -0.39 is 8.25 Å². The maximum atomic E-state index is 12.2. The number of hydrogen-bond acceptors (Lipinski definition) is 5. The number of carbonyl (C=O) groups is 1. The van der Waals surface area contributed by atoms with Crippen molar-refractivity contribution in [3.63, 3.8) is 0 Å². The summed E-state index contributed by atoms with van der Waals surface area (Å²) in [6, 6.07) is 19.6. The van der Waals surface area contributed by atoms with Crippen LogP contribution >= 0.6 is 31.5 Å². The van der Waals surface area contributed by atoms with Crippen LogP contribution in [0.3, 0.4) is 0 Å². The molecule has 0 bridgehead atoms. The zero-order chi connectivity index (χ0) is 24.5. The van der Waals surface area contributed by atoms with E-state index in [-0.39, 0.29) is 25.0 Å². The Kier molecular flexibility index (Phi) is 10.3. The smallest absolute Gasteiger partial charge is 0.488 e. The normalized spacial score (nSPS) is 12.5. The van der Waals surface area contributed by atoms with Crippen molar-refractivity contribution in [2.45, 2.75) is 38.7 Å². The molecule has 0 aliphatic heterocycles. The van der Waals surface area contributed by atoms with E-state index >= 15 is 0 Å². The van der Waals surface area contributed by atoms with Crippen LogP contribution in [0.2, 0.25) is 10.0 Å². The van der Waals surface area contributed by atoms with Gasteiger partial charge in [0, 0.05) is 13.5 Å². The molecule has 0 fully saturated rings. The first-order chi connectivity index (χ1) is 16.3. The molecule has 0 aromatic heterocycles. The van der Waals surface area contributed by atoms with Crippen molar-refractivity contribution in [2.24, 2.45) is 0 Å². The summed E-state index contributed by atoms with van der Waals surface area (Å²) in [7, 11) is -2.87. The maximum absolute atomic E-state index is 12.2. The molecule has 0 aliphatic rings. The summed E-state index contributed by atoms with van der Waals surface area (Å²) in [5.41, 5.74) is 1.92. The van der Waals surface area contributed by atoms with Gasteiger partial charge in [-0.3, -0.25) is 9.63 Å². The minimum Gasteiger partial charge on any atom is -0.566 e. The molecule has 0 heterocycles. The Labute approximate surface area is 210 Å². The van der Waals surface area contributed by atoms with Gasteiger partial charge in [0.1, 0.15) is 13.2 Å². The number of halogens is 2. The Morgan fingerprint density at radius 2 is 1.79 bits per heavy atom. The fourth-order valence-electron chi connectivity index (χ4n) is 3.78. The number of carbonyl (C=O) groups excluding carboxylic acids is 1. The predicted octanol–water partition coefficient (Wildman–Crippen LogP) is 6.42. The Balaban J connectivity index is 1.64. The van der Waals surface area contributed by atoms with Gasteiger partial charge in [0.05, 0.1) is 10.0 Å². The molecule has 0 N–H and O–H groups in total.